The third-order valence-electron chi connectivity index (χ3n) is 2.82. The standard InChI is InChI=1S/C15H13F3N2O3/c1-9-7-12(21)20-14(19-9)10-3-2-4-11(8-10)23-13(22)5-6-15(16,17)18/h2-4,7-8H,5-6H2,1H3,(H,19,20,21). The number of aromatic amines is 1. The number of carbonyl (C=O) groups excluding carboxylic acids is 1. The molecule has 0 aliphatic carbocycles. The lowest BCUT2D eigenvalue weighted by molar-refractivity contribution is -0.151. The van der Waals surface area contributed by atoms with Gasteiger partial charge < -0.3 is 9.72 Å². The molecular formula is C15H13F3N2O3. The fraction of sp³-hybridized carbons (Fsp3) is 0.267. The van der Waals surface area contributed by atoms with Crippen molar-refractivity contribution in [3.05, 3.63) is 46.4 Å². The molecule has 0 atom stereocenters. The van der Waals surface area contributed by atoms with Crippen molar-refractivity contribution < 1.29 is 22.7 Å². The number of hydrogen-bond donors (Lipinski definition) is 1. The molecule has 0 aliphatic rings. The largest absolute Gasteiger partial charge is 0.427 e. The first-order valence-electron chi connectivity index (χ1n) is 6.69. The second-order valence-corrected chi connectivity index (χ2v) is 4.85. The maximum Gasteiger partial charge on any atom is 0.389 e. The molecule has 2 rings (SSSR count). The van der Waals surface area contributed by atoms with Crippen LogP contribution in [0.5, 0.6) is 5.75 Å². The Morgan fingerprint density at radius 3 is 2.70 bits per heavy atom. The number of rotatable bonds is 4. The molecule has 1 aromatic heterocycles. The van der Waals surface area contributed by atoms with Crippen LogP contribution >= 0.6 is 0 Å². The van der Waals surface area contributed by atoms with E-state index in [1.165, 1.54) is 18.2 Å². The van der Waals surface area contributed by atoms with Crippen molar-refractivity contribution in [3.63, 3.8) is 0 Å². The van der Waals surface area contributed by atoms with Crippen LogP contribution < -0.4 is 10.3 Å². The van der Waals surface area contributed by atoms with Gasteiger partial charge in [-0.3, -0.25) is 9.59 Å². The number of ether oxygens (including phenoxy) is 1. The Kier molecular flexibility index (Phi) is 4.83. The van der Waals surface area contributed by atoms with E-state index in [1.54, 1.807) is 19.1 Å². The van der Waals surface area contributed by atoms with Crippen molar-refractivity contribution in [2.45, 2.75) is 25.9 Å². The maximum absolute atomic E-state index is 12.1. The Morgan fingerprint density at radius 2 is 2.04 bits per heavy atom. The van der Waals surface area contributed by atoms with Crippen LogP contribution in [0, 0.1) is 6.92 Å². The van der Waals surface area contributed by atoms with E-state index in [0.29, 0.717) is 11.3 Å². The lowest BCUT2D eigenvalue weighted by atomic mass is 10.2. The molecule has 23 heavy (non-hydrogen) atoms. The number of nitrogens with one attached hydrogen (secondary N) is 1. The predicted octanol–water partition coefficient (Wildman–Crippen LogP) is 2.99. The molecule has 0 bridgehead atoms. The van der Waals surface area contributed by atoms with Gasteiger partial charge in [-0.2, -0.15) is 13.2 Å². The first kappa shape index (κ1) is 16.7. The second kappa shape index (κ2) is 6.64. The summed E-state index contributed by atoms with van der Waals surface area (Å²) in [6, 6.07) is 7.35. The summed E-state index contributed by atoms with van der Waals surface area (Å²) >= 11 is 0. The number of halogens is 3. The molecule has 1 N–H and O–H groups in total. The van der Waals surface area contributed by atoms with E-state index < -0.39 is 25.0 Å². The molecule has 0 amide bonds. The number of H-pyrrole nitrogens is 1. The molecule has 0 fully saturated rings. The summed E-state index contributed by atoms with van der Waals surface area (Å²) in [5.41, 5.74) is 0.656. The van der Waals surface area contributed by atoms with E-state index in [0.717, 1.165) is 0 Å². The van der Waals surface area contributed by atoms with Gasteiger partial charge in [0.05, 0.1) is 12.8 Å². The van der Waals surface area contributed by atoms with Crippen LogP contribution in [-0.2, 0) is 4.79 Å². The van der Waals surface area contributed by atoms with Crippen LogP contribution in [0.15, 0.2) is 35.1 Å². The molecular weight excluding hydrogens is 313 g/mol. The summed E-state index contributed by atoms with van der Waals surface area (Å²) in [5, 5.41) is 0. The minimum Gasteiger partial charge on any atom is -0.427 e. The molecule has 122 valence electrons. The Hall–Kier alpha value is -2.64. The molecule has 0 spiro atoms. The number of nitrogens with zero attached hydrogens (tertiary/aromatic N) is 1. The van der Waals surface area contributed by atoms with Crippen molar-refractivity contribution in [2.75, 3.05) is 0 Å². The van der Waals surface area contributed by atoms with Gasteiger partial charge in [-0.25, -0.2) is 4.98 Å². The van der Waals surface area contributed by atoms with E-state index in [1.807, 2.05) is 0 Å². The molecule has 0 radical (unpaired) electrons. The predicted molar refractivity (Wildman–Crippen MR) is 76.0 cm³/mol. The van der Waals surface area contributed by atoms with Gasteiger partial charge in [0.15, 0.2) is 0 Å². The van der Waals surface area contributed by atoms with Crippen LogP contribution in [0.2, 0.25) is 0 Å². The number of hydrogen-bond acceptors (Lipinski definition) is 4. The Morgan fingerprint density at radius 1 is 1.30 bits per heavy atom. The van der Waals surface area contributed by atoms with E-state index in [2.05, 4.69) is 9.97 Å². The molecule has 5 nitrogen and oxygen atoms in total. The summed E-state index contributed by atoms with van der Waals surface area (Å²) in [6.45, 7) is 1.65. The number of aryl methyl sites for hydroxylation is 1. The smallest absolute Gasteiger partial charge is 0.389 e. The first-order chi connectivity index (χ1) is 10.7. The summed E-state index contributed by atoms with van der Waals surface area (Å²) < 4.78 is 41.1. The average molecular weight is 326 g/mol. The van der Waals surface area contributed by atoms with Gasteiger partial charge in [0.2, 0.25) is 0 Å². The highest BCUT2D eigenvalue weighted by atomic mass is 19.4. The SMILES string of the molecule is Cc1cc(=O)[nH]c(-c2cccc(OC(=O)CCC(F)(F)F)c2)n1. The molecule has 0 aliphatic heterocycles. The van der Waals surface area contributed by atoms with Crippen molar-refractivity contribution in [1.82, 2.24) is 9.97 Å². The number of esters is 1. The summed E-state index contributed by atoms with van der Waals surface area (Å²) in [7, 11) is 0. The third-order valence-corrected chi connectivity index (χ3v) is 2.82. The van der Waals surface area contributed by atoms with E-state index >= 15 is 0 Å². The van der Waals surface area contributed by atoms with Crippen LogP contribution in [0.4, 0.5) is 13.2 Å². The Bertz CT molecular complexity index is 769. The lowest BCUT2D eigenvalue weighted by Crippen LogP contribution is -2.14. The Balaban J connectivity index is 2.14. The molecule has 8 heteroatoms. The van der Waals surface area contributed by atoms with Crippen LogP contribution in [0.25, 0.3) is 11.4 Å². The molecule has 0 saturated heterocycles. The van der Waals surface area contributed by atoms with Crippen LogP contribution in [-0.4, -0.2) is 22.1 Å². The van der Waals surface area contributed by atoms with Crippen LogP contribution in [0.1, 0.15) is 18.5 Å². The summed E-state index contributed by atoms with van der Waals surface area (Å²) in [6.07, 6.45) is -6.41. The molecule has 0 unspecified atom stereocenters. The Labute approximate surface area is 129 Å². The molecule has 1 aromatic carbocycles. The zero-order chi connectivity index (χ0) is 17.0. The van der Waals surface area contributed by atoms with Crippen molar-refractivity contribution >= 4 is 5.97 Å². The van der Waals surface area contributed by atoms with Gasteiger partial charge >= 0.3 is 12.1 Å². The molecule has 1 heterocycles. The zero-order valence-electron chi connectivity index (χ0n) is 12.1. The van der Waals surface area contributed by atoms with Gasteiger partial charge in [0.25, 0.3) is 5.56 Å². The van der Waals surface area contributed by atoms with E-state index in [-0.39, 0.29) is 17.1 Å². The minimum atomic E-state index is -4.41. The highest BCUT2D eigenvalue weighted by Crippen LogP contribution is 2.23. The number of benzene rings is 1. The number of carbonyl (C=O) groups is 1. The van der Waals surface area contributed by atoms with Crippen molar-refractivity contribution in [3.8, 4) is 17.1 Å². The number of alkyl halides is 3. The quantitative estimate of drug-likeness (QED) is 0.692. The molecule has 0 saturated carbocycles. The average Bonchev–Trinajstić information content (AvgIpc) is 2.44. The normalized spacial score (nSPS) is 11.3. The minimum absolute atomic E-state index is 0.0822. The van der Waals surface area contributed by atoms with E-state index in [4.69, 9.17) is 4.74 Å². The summed E-state index contributed by atoms with van der Waals surface area (Å²) in [4.78, 5) is 29.5. The lowest BCUT2D eigenvalue weighted by Gasteiger charge is -2.08. The van der Waals surface area contributed by atoms with Gasteiger partial charge in [-0.05, 0) is 19.1 Å². The zero-order valence-corrected chi connectivity index (χ0v) is 12.1. The third kappa shape index (κ3) is 5.24. The number of aromatic nitrogens is 2. The first-order valence-corrected chi connectivity index (χ1v) is 6.69. The van der Waals surface area contributed by atoms with Crippen molar-refractivity contribution in [2.24, 2.45) is 0 Å². The monoisotopic (exact) mass is 326 g/mol. The fourth-order valence-corrected chi connectivity index (χ4v) is 1.85. The van der Waals surface area contributed by atoms with Crippen molar-refractivity contribution in [1.29, 1.82) is 0 Å². The topological polar surface area (TPSA) is 72.1 Å². The van der Waals surface area contributed by atoms with Crippen LogP contribution in [0.3, 0.4) is 0 Å². The molecule has 2 aromatic rings. The second-order valence-electron chi connectivity index (χ2n) is 4.85. The van der Waals surface area contributed by atoms with Gasteiger partial charge in [-0.15, -0.1) is 0 Å². The summed E-state index contributed by atoms with van der Waals surface area (Å²) in [5.74, 6) is -0.618. The fourth-order valence-electron chi connectivity index (χ4n) is 1.85. The highest BCUT2D eigenvalue weighted by molar-refractivity contribution is 5.73. The van der Waals surface area contributed by atoms with Gasteiger partial charge in [0.1, 0.15) is 11.6 Å². The van der Waals surface area contributed by atoms with E-state index in [9.17, 15) is 22.8 Å². The maximum atomic E-state index is 12.1. The highest BCUT2D eigenvalue weighted by Gasteiger charge is 2.28. The van der Waals surface area contributed by atoms with Gasteiger partial charge in [-0.1, -0.05) is 12.1 Å². The van der Waals surface area contributed by atoms with Gasteiger partial charge in [0, 0.05) is 17.3 Å².